The Kier molecular flexibility index (Phi) is 6.92. The summed E-state index contributed by atoms with van der Waals surface area (Å²) in [5, 5.41) is 0. The number of rotatable bonds is 7. The number of hydrogen-bond acceptors (Lipinski definition) is 2. The molecule has 0 aliphatic rings. The summed E-state index contributed by atoms with van der Waals surface area (Å²) in [4.78, 5) is 0. The molecule has 0 rings (SSSR count). The first kappa shape index (κ1) is 12.7. The Morgan fingerprint density at radius 3 is 1.62 bits per heavy atom. The van der Waals surface area contributed by atoms with E-state index in [2.05, 4.69) is 34.3 Å². The van der Waals surface area contributed by atoms with Gasteiger partial charge in [-0.05, 0) is 17.9 Å². The van der Waals surface area contributed by atoms with Crippen molar-refractivity contribution < 1.29 is 9.47 Å². The topological polar surface area (TPSA) is 18.5 Å². The van der Waals surface area contributed by atoms with Crippen molar-refractivity contribution in [1.82, 2.24) is 0 Å². The summed E-state index contributed by atoms with van der Waals surface area (Å²) in [5.74, 6) is 1.06. The van der Waals surface area contributed by atoms with E-state index in [1.165, 1.54) is 0 Å². The minimum absolute atomic E-state index is 0.246. The fraction of sp³-hybridized carbons (Fsp3) is 0.818. The molecule has 0 saturated carbocycles. The third-order valence-electron chi connectivity index (χ3n) is 1.38. The minimum atomic E-state index is -0.246. The molecule has 0 radical (unpaired) electrons. The molecule has 0 amide bonds. The van der Waals surface area contributed by atoms with Crippen molar-refractivity contribution >= 4 is 0 Å². The summed E-state index contributed by atoms with van der Waals surface area (Å²) >= 11 is 0. The predicted molar refractivity (Wildman–Crippen MR) is 55.6 cm³/mol. The molecule has 0 spiro atoms. The molecule has 0 N–H and O–H groups in total. The van der Waals surface area contributed by atoms with Crippen molar-refractivity contribution in [2.75, 3.05) is 13.2 Å². The Morgan fingerprint density at radius 2 is 1.38 bits per heavy atom. The number of ether oxygens (including phenoxy) is 2. The maximum Gasteiger partial charge on any atom is 0.176 e. The first-order valence-corrected chi connectivity index (χ1v) is 4.92. The summed E-state index contributed by atoms with van der Waals surface area (Å²) in [5.41, 5.74) is 0. The Morgan fingerprint density at radius 1 is 1.00 bits per heavy atom. The third-order valence-corrected chi connectivity index (χ3v) is 1.38. The highest BCUT2D eigenvalue weighted by Crippen LogP contribution is 2.03. The average Bonchev–Trinajstić information content (AvgIpc) is 2.04. The Labute approximate surface area is 81.9 Å². The molecule has 0 aromatic heterocycles. The first-order chi connectivity index (χ1) is 6.06. The van der Waals surface area contributed by atoms with Crippen LogP contribution in [0, 0.1) is 11.8 Å². The zero-order chi connectivity index (χ0) is 10.3. The molecule has 0 bridgehead atoms. The molecule has 0 aliphatic heterocycles. The van der Waals surface area contributed by atoms with Crippen LogP contribution in [0.5, 0.6) is 0 Å². The van der Waals surface area contributed by atoms with Crippen LogP contribution >= 0.6 is 0 Å². The number of hydrogen-bond donors (Lipinski definition) is 0. The molecule has 0 unspecified atom stereocenters. The Hall–Kier alpha value is -0.340. The van der Waals surface area contributed by atoms with E-state index in [-0.39, 0.29) is 6.29 Å². The van der Waals surface area contributed by atoms with Crippen LogP contribution in [0.15, 0.2) is 12.7 Å². The van der Waals surface area contributed by atoms with Crippen LogP contribution in [0.1, 0.15) is 27.7 Å². The summed E-state index contributed by atoms with van der Waals surface area (Å²) in [7, 11) is 0. The highest BCUT2D eigenvalue weighted by atomic mass is 16.7. The Bertz CT molecular complexity index is 118. The van der Waals surface area contributed by atoms with E-state index in [4.69, 9.17) is 9.47 Å². The minimum Gasteiger partial charge on any atom is -0.349 e. The molecule has 0 aromatic carbocycles. The van der Waals surface area contributed by atoms with Gasteiger partial charge in [0.25, 0.3) is 0 Å². The predicted octanol–water partition coefficient (Wildman–Crippen LogP) is 2.84. The Balaban J connectivity index is 3.57. The molecule has 0 heterocycles. The monoisotopic (exact) mass is 186 g/mol. The van der Waals surface area contributed by atoms with Gasteiger partial charge in [-0.2, -0.15) is 0 Å². The van der Waals surface area contributed by atoms with Crippen LogP contribution < -0.4 is 0 Å². The summed E-state index contributed by atoms with van der Waals surface area (Å²) in [6.07, 6.45) is 1.45. The van der Waals surface area contributed by atoms with E-state index in [1.807, 2.05) is 0 Å². The molecule has 0 atom stereocenters. The SMILES string of the molecule is C=CC(OCC(C)C)OCC(C)C. The fourth-order valence-corrected chi connectivity index (χ4v) is 0.759. The second-order valence-corrected chi connectivity index (χ2v) is 4.06. The van der Waals surface area contributed by atoms with Gasteiger partial charge in [0.1, 0.15) is 0 Å². The van der Waals surface area contributed by atoms with Crippen molar-refractivity contribution in [2.24, 2.45) is 11.8 Å². The molecule has 2 heteroatoms. The second kappa shape index (κ2) is 7.10. The third kappa shape index (κ3) is 8.00. The lowest BCUT2D eigenvalue weighted by atomic mass is 10.2. The lowest BCUT2D eigenvalue weighted by Gasteiger charge is -2.17. The zero-order valence-electron chi connectivity index (χ0n) is 9.25. The van der Waals surface area contributed by atoms with E-state index >= 15 is 0 Å². The highest BCUT2D eigenvalue weighted by Gasteiger charge is 2.06. The van der Waals surface area contributed by atoms with Gasteiger partial charge in [-0.25, -0.2) is 0 Å². The molecular weight excluding hydrogens is 164 g/mol. The van der Waals surface area contributed by atoms with Crippen LogP contribution in [-0.4, -0.2) is 19.5 Å². The van der Waals surface area contributed by atoms with Gasteiger partial charge < -0.3 is 9.47 Å². The highest BCUT2D eigenvalue weighted by molar-refractivity contribution is 4.72. The van der Waals surface area contributed by atoms with Crippen LogP contribution in [0.2, 0.25) is 0 Å². The van der Waals surface area contributed by atoms with Crippen LogP contribution in [0.4, 0.5) is 0 Å². The van der Waals surface area contributed by atoms with E-state index in [0.29, 0.717) is 11.8 Å². The summed E-state index contributed by atoms with van der Waals surface area (Å²) in [6, 6.07) is 0. The summed E-state index contributed by atoms with van der Waals surface area (Å²) in [6.45, 7) is 13.6. The molecule has 0 aliphatic carbocycles. The van der Waals surface area contributed by atoms with Gasteiger partial charge in [-0.15, -0.1) is 0 Å². The van der Waals surface area contributed by atoms with Crippen molar-refractivity contribution in [2.45, 2.75) is 34.0 Å². The van der Waals surface area contributed by atoms with Crippen LogP contribution in [-0.2, 0) is 9.47 Å². The van der Waals surface area contributed by atoms with Gasteiger partial charge in [0, 0.05) is 0 Å². The molecule has 13 heavy (non-hydrogen) atoms. The van der Waals surface area contributed by atoms with Gasteiger partial charge >= 0.3 is 0 Å². The molecule has 78 valence electrons. The lowest BCUT2D eigenvalue weighted by Crippen LogP contribution is -2.19. The van der Waals surface area contributed by atoms with Gasteiger partial charge in [0.15, 0.2) is 6.29 Å². The smallest absolute Gasteiger partial charge is 0.176 e. The van der Waals surface area contributed by atoms with Gasteiger partial charge in [0.2, 0.25) is 0 Å². The van der Waals surface area contributed by atoms with Gasteiger partial charge in [-0.1, -0.05) is 34.3 Å². The van der Waals surface area contributed by atoms with E-state index in [9.17, 15) is 0 Å². The maximum atomic E-state index is 5.46. The normalized spacial score (nSPS) is 11.6. The summed E-state index contributed by atoms with van der Waals surface area (Å²) < 4.78 is 10.9. The van der Waals surface area contributed by atoms with Crippen molar-refractivity contribution in [3.8, 4) is 0 Å². The van der Waals surface area contributed by atoms with Crippen molar-refractivity contribution in [3.63, 3.8) is 0 Å². The second-order valence-electron chi connectivity index (χ2n) is 4.06. The van der Waals surface area contributed by atoms with Crippen LogP contribution in [0.3, 0.4) is 0 Å². The molecule has 0 fully saturated rings. The fourth-order valence-electron chi connectivity index (χ4n) is 0.759. The molecular formula is C11H22O2. The molecule has 0 saturated heterocycles. The van der Waals surface area contributed by atoms with Crippen LogP contribution in [0.25, 0.3) is 0 Å². The standard InChI is InChI=1S/C11H22O2/c1-6-11(12-7-9(2)3)13-8-10(4)5/h6,9-11H,1,7-8H2,2-5H3. The lowest BCUT2D eigenvalue weighted by molar-refractivity contribution is -0.123. The molecule has 0 aromatic rings. The van der Waals surface area contributed by atoms with E-state index < -0.39 is 0 Å². The first-order valence-electron chi connectivity index (χ1n) is 4.92. The quantitative estimate of drug-likeness (QED) is 0.449. The average molecular weight is 186 g/mol. The van der Waals surface area contributed by atoms with Crippen molar-refractivity contribution in [3.05, 3.63) is 12.7 Å². The van der Waals surface area contributed by atoms with E-state index in [1.54, 1.807) is 6.08 Å². The van der Waals surface area contributed by atoms with E-state index in [0.717, 1.165) is 13.2 Å². The molecule has 2 nitrogen and oxygen atoms in total. The van der Waals surface area contributed by atoms with Gasteiger partial charge in [-0.3, -0.25) is 0 Å². The van der Waals surface area contributed by atoms with Crippen molar-refractivity contribution in [1.29, 1.82) is 0 Å². The maximum absolute atomic E-state index is 5.46. The zero-order valence-corrected chi connectivity index (χ0v) is 9.25. The van der Waals surface area contributed by atoms with Gasteiger partial charge in [0.05, 0.1) is 13.2 Å². The largest absolute Gasteiger partial charge is 0.349 e.